The molecule has 0 aromatic rings. The lowest BCUT2D eigenvalue weighted by molar-refractivity contribution is -0.171. The van der Waals surface area contributed by atoms with E-state index >= 15 is 0 Å². The van der Waals surface area contributed by atoms with Gasteiger partial charge in [0.15, 0.2) is 12.2 Å². The molecule has 0 saturated heterocycles. The summed E-state index contributed by atoms with van der Waals surface area (Å²) >= 11 is 0. The molecule has 0 aliphatic rings. The zero-order chi connectivity index (χ0) is 15.4. The van der Waals surface area contributed by atoms with E-state index in [2.05, 4.69) is 0 Å². The Hall–Kier alpha value is -1.18. The van der Waals surface area contributed by atoms with Crippen molar-refractivity contribution in [3.63, 3.8) is 0 Å². The molecule has 7 nitrogen and oxygen atoms in total. The Morgan fingerprint density at radius 1 is 1.05 bits per heavy atom. The van der Waals surface area contributed by atoms with Gasteiger partial charge in [0, 0.05) is 10.8 Å². The first-order valence-electron chi connectivity index (χ1n) is 5.82. The van der Waals surface area contributed by atoms with Crippen molar-refractivity contribution < 1.29 is 34.8 Å². The number of carbonyl (C=O) groups excluding carboxylic acids is 1. The van der Waals surface area contributed by atoms with Crippen LogP contribution in [0.4, 0.5) is 0 Å². The summed E-state index contributed by atoms with van der Waals surface area (Å²) < 4.78 is 4.80. The molecule has 0 saturated carbocycles. The first kappa shape index (κ1) is 17.8. The van der Waals surface area contributed by atoms with E-state index in [1.807, 2.05) is 0 Å². The molecule has 7 heteroatoms. The summed E-state index contributed by atoms with van der Waals surface area (Å²) in [5.74, 6) is -2.39. The van der Waals surface area contributed by atoms with E-state index in [0.717, 1.165) is 0 Å². The van der Waals surface area contributed by atoms with Gasteiger partial charge in [-0.3, -0.25) is 0 Å². The van der Waals surface area contributed by atoms with Gasteiger partial charge in [0.1, 0.15) is 0 Å². The number of carbonyl (C=O) groups is 2. The van der Waals surface area contributed by atoms with Crippen LogP contribution in [-0.4, -0.2) is 57.8 Å². The monoisotopic (exact) mass is 278 g/mol. The molecule has 0 heterocycles. The maximum absolute atomic E-state index is 11.6. The van der Waals surface area contributed by atoms with Crippen molar-refractivity contribution in [2.24, 2.45) is 10.8 Å². The highest BCUT2D eigenvalue weighted by Gasteiger charge is 2.38. The number of aliphatic hydroxyl groups is 3. The van der Waals surface area contributed by atoms with E-state index in [1.54, 1.807) is 0 Å². The summed E-state index contributed by atoms with van der Waals surface area (Å²) in [6.07, 6.45) is -3.22. The Balaban J connectivity index is 4.57. The highest BCUT2D eigenvalue weighted by Crippen LogP contribution is 2.24. The van der Waals surface area contributed by atoms with Crippen LogP contribution >= 0.6 is 0 Å². The predicted molar refractivity (Wildman–Crippen MR) is 65.3 cm³/mol. The average molecular weight is 278 g/mol. The van der Waals surface area contributed by atoms with Gasteiger partial charge in [0.25, 0.3) is 0 Å². The average Bonchev–Trinajstić information content (AvgIpc) is 2.33. The van der Waals surface area contributed by atoms with Crippen molar-refractivity contribution in [2.45, 2.75) is 39.9 Å². The number of carboxylic acid groups (broad SMARTS) is 1. The summed E-state index contributed by atoms with van der Waals surface area (Å²) in [4.78, 5) is 22.2. The van der Waals surface area contributed by atoms with Gasteiger partial charge in [0.2, 0.25) is 0 Å². The lowest BCUT2D eigenvalue weighted by Gasteiger charge is -2.30. The summed E-state index contributed by atoms with van der Waals surface area (Å²) in [5.41, 5.74) is -2.25. The Bertz CT molecular complexity index is 335. The standard InChI is InChI=1S/C12H22O7/c1-11(2,5-13)8(15)10(18)19-6-12(3,4)7(14)9(16)17/h7-8,13-15H,5-6H2,1-4H3,(H,16,17). The fraction of sp³-hybridized carbons (Fsp3) is 0.833. The number of aliphatic carboxylic acids is 1. The van der Waals surface area contributed by atoms with Gasteiger partial charge < -0.3 is 25.2 Å². The molecule has 0 spiro atoms. The Morgan fingerprint density at radius 2 is 1.53 bits per heavy atom. The first-order chi connectivity index (χ1) is 8.45. The van der Waals surface area contributed by atoms with Crippen LogP contribution in [0, 0.1) is 10.8 Å². The number of esters is 1. The van der Waals surface area contributed by atoms with Gasteiger partial charge in [-0.15, -0.1) is 0 Å². The van der Waals surface area contributed by atoms with E-state index in [0.29, 0.717) is 0 Å². The molecular formula is C12H22O7. The first-order valence-corrected chi connectivity index (χ1v) is 5.82. The molecule has 112 valence electrons. The molecule has 0 aromatic heterocycles. The highest BCUT2D eigenvalue weighted by atomic mass is 16.5. The second kappa shape index (κ2) is 6.31. The predicted octanol–water partition coefficient (Wildman–Crippen LogP) is -0.619. The quantitative estimate of drug-likeness (QED) is 0.457. The van der Waals surface area contributed by atoms with Crippen LogP contribution in [0.25, 0.3) is 0 Å². The molecule has 4 N–H and O–H groups in total. The number of rotatable bonds is 7. The van der Waals surface area contributed by atoms with E-state index in [4.69, 9.17) is 14.9 Å². The third kappa shape index (κ3) is 4.77. The minimum Gasteiger partial charge on any atom is -0.479 e. The van der Waals surface area contributed by atoms with Crippen LogP contribution in [0.5, 0.6) is 0 Å². The maximum Gasteiger partial charge on any atom is 0.335 e. The van der Waals surface area contributed by atoms with Crippen LogP contribution < -0.4 is 0 Å². The molecule has 0 aromatic carbocycles. The van der Waals surface area contributed by atoms with Crippen molar-refractivity contribution in [1.29, 1.82) is 0 Å². The fourth-order valence-corrected chi connectivity index (χ4v) is 1.15. The summed E-state index contributed by atoms with van der Waals surface area (Å²) in [5, 5.41) is 36.8. The third-order valence-electron chi connectivity index (χ3n) is 2.93. The molecule has 0 aliphatic heterocycles. The number of hydrogen-bond acceptors (Lipinski definition) is 6. The number of aliphatic hydroxyl groups excluding tert-OH is 3. The van der Waals surface area contributed by atoms with Gasteiger partial charge in [-0.25, -0.2) is 9.59 Å². The Morgan fingerprint density at radius 3 is 1.89 bits per heavy atom. The van der Waals surface area contributed by atoms with E-state index < -0.39 is 41.6 Å². The molecular weight excluding hydrogens is 256 g/mol. The normalized spacial score (nSPS) is 15.7. The lowest BCUT2D eigenvalue weighted by Crippen LogP contribution is -2.44. The van der Waals surface area contributed by atoms with Crippen molar-refractivity contribution in [3.05, 3.63) is 0 Å². The van der Waals surface area contributed by atoms with Gasteiger partial charge in [0.05, 0.1) is 13.2 Å². The number of carboxylic acids is 1. The van der Waals surface area contributed by atoms with Crippen LogP contribution in [0.15, 0.2) is 0 Å². The number of hydrogen-bond donors (Lipinski definition) is 4. The van der Waals surface area contributed by atoms with Crippen molar-refractivity contribution in [1.82, 2.24) is 0 Å². The van der Waals surface area contributed by atoms with E-state index in [-0.39, 0.29) is 6.61 Å². The summed E-state index contributed by atoms with van der Waals surface area (Å²) in [7, 11) is 0. The number of ether oxygens (including phenoxy) is 1. The van der Waals surface area contributed by atoms with Crippen LogP contribution in [-0.2, 0) is 14.3 Å². The topological polar surface area (TPSA) is 124 Å². The van der Waals surface area contributed by atoms with E-state index in [9.17, 15) is 19.8 Å². The van der Waals surface area contributed by atoms with Gasteiger partial charge in [-0.2, -0.15) is 0 Å². The molecule has 0 rings (SSSR count). The van der Waals surface area contributed by atoms with Crippen LogP contribution in [0.1, 0.15) is 27.7 Å². The minimum atomic E-state index is -1.69. The SMILES string of the molecule is CC(C)(COC(=O)C(O)C(C)(C)CO)C(O)C(=O)O. The van der Waals surface area contributed by atoms with Crippen LogP contribution in [0.3, 0.4) is 0 Å². The lowest BCUT2D eigenvalue weighted by atomic mass is 9.86. The zero-order valence-electron chi connectivity index (χ0n) is 11.6. The van der Waals surface area contributed by atoms with Crippen LogP contribution in [0.2, 0.25) is 0 Å². The highest BCUT2D eigenvalue weighted by molar-refractivity contribution is 5.76. The molecule has 2 atom stereocenters. The minimum absolute atomic E-state index is 0.363. The van der Waals surface area contributed by atoms with Crippen molar-refractivity contribution in [2.75, 3.05) is 13.2 Å². The summed E-state index contributed by atoms with van der Waals surface area (Å²) in [6.45, 7) is 5.03. The second-order valence-corrected chi connectivity index (χ2v) is 5.89. The van der Waals surface area contributed by atoms with Crippen molar-refractivity contribution in [3.8, 4) is 0 Å². The fourth-order valence-electron chi connectivity index (χ4n) is 1.15. The molecule has 0 radical (unpaired) electrons. The molecule has 0 fully saturated rings. The zero-order valence-corrected chi connectivity index (χ0v) is 11.6. The molecule has 0 aliphatic carbocycles. The third-order valence-corrected chi connectivity index (χ3v) is 2.93. The Labute approximate surface area is 111 Å². The van der Waals surface area contributed by atoms with Gasteiger partial charge >= 0.3 is 11.9 Å². The maximum atomic E-state index is 11.6. The molecule has 19 heavy (non-hydrogen) atoms. The summed E-state index contributed by atoms with van der Waals surface area (Å²) in [6, 6.07) is 0. The smallest absolute Gasteiger partial charge is 0.335 e. The molecule has 0 amide bonds. The Kier molecular flexibility index (Phi) is 5.92. The molecule has 0 bridgehead atoms. The van der Waals surface area contributed by atoms with Gasteiger partial charge in [-0.05, 0) is 0 Å². The van der Waals surface area contributed by atoms with Gasteiger partial charge in [-0.1, -0.05) is 27.7 Å². The van der Waals surface area contributed by atoms with Crippen molar-refractivity contribution >= 4 is 11.9 Å². The molecule has 2 unspecified atom stereocenters. The second-order valence-electron chi connectivity index (χ2n) is 5.89. The van der Waals surface area contributed by atoms with E-state index in [1.165, 1.54) is 27.7 Å². The largest absolute Gasteiger partial charge is 0.479 e.